The topological polar surface area (TPSA) is 56.7 Å². The highest BCUT2D eigenvalue weighted by Gasteiger charge is 2.29. The average molecular weight is 264 g/mol. The predicted molar refractivity (Wildman–Crippen MR) is 79.5 cm³/mol. The molecular weight excluding hydrogens is 248 g/mol. The van der Waals surface area contributed by atoms with Gasteiger partial charge in [-0.15, -0.1) is 0 Å². The molecule has 4 nitrogen and oxygen atoms in total. The molecular formula is C16H16N4. The Labute approximate surface area is 117 Å². The van der Waals surface area contributed by atoms with Gasteiger partial charge in [-0.2, -0.15) is 0 Å². The van der Waals surface area contributed by atoms with Crippen molar-refractivity contribution in [1.82, 2.24) is 14.5 Å². The van der Waals surface area contributed by atoms with E-state index in [-0.39, 0.29) is 0 Å². The number of nitrogens with zero attached hydrogens (tertiary/aromatic N) is 3. The number of aromatic nitrogens is 3. The van der Waals surface area contributed by atoms with Gasteiger partial charge < -0.3 is 10.3 Å². The summed E-state index contributed by atoms with van der Waals surface area (Å²) in [5, 5.41) is 0. The normalized spacial score (nSPS) is 14.8. The van der Waals surface area contributed by atoms with Crippen LogP contribution in [-0.2, 0) is 6.54 Å². The van der Waals surface area contributed by atoms with Crippen LogP contribution in [0, 0.1) is 0 Å². The predicted octanol–water partition coefficient (Wildman–Crippen LogP) is 2.94. The SMILES string of the molecule is Nc1ccc2c(c1)nc(C1CC1)n2Cc1ccccn1. The molecule has 0 spiro atoms. The summed E-state index contributed by atoms with van der Waals surface area (Å²) in [7, 11) is 0. The van der Waals surface area contributed by atoms with E-state index in [1.165, 1.54) is 18.7 Å². The third kappa shape index (κ3) is 1.93. The van der Waals surface area contributed by atoms with Gasteiger partial charge in [-0.1, -0.05) is 6.07 Å². The third-order valence-electron chi connectivity index (χ3n) is 3.79. The van der Waals surface area contributed by atoms with Gasteiger partial charge in [-0.3, -0.25) is 4.98 Å². The Morgan fingerprint density at radius 1 is 1.20 bits per heavy atom. The molecule has 2 aromatic heterocycles. The Hall–Kier alpha value is -2.36. The van der Waals surface area contributed by atoms with Crippen LogP contribution in [0.15, 0.2) is 42.6 Å². The van der Waals surface area contributed by atoms with Crippen LogP contribution in [0.25, 0.3) is 11.0 Å². The number of nitrogens with two attached hydrogens (primary N) is 1. The van der Waals surface area contributed by atoms with Crippen LogP contribution in [0.3, 0.4) is 0 Å². The van der Waals surface area contributed by atoms with E-state index in [0.29, 0.717) is 5.92 Å². The summed E-state index contributed by atoms with van der Waals surface area (Å²) in [5.74, 6) is 1.78. The molecule has 4 rings (SSSR count). The summed E-state index contributed by atoms with van der Waals surface area (Å²) in [6.07, 6.45) is 4.31. The minimum Gasteiger partial charge on any atom is -0.399 e. The molecule has 100 valence electrons. The molecule has 0 atom stereocenters. The second-order valence-corrected chi connectivity index (χ2v) is 5.40. The van der Waals surface area contributed by atoms with Crippen molar-refractivity contribution >= 4 is 16.7 Å². The highest BCUT2D eigenvalue weighted by atomic mass is 15.1. The van der Waals surface area contributed by atoms with E-state index in [0.717, 1.165) is 29.0 Å². The van der Waals surface area contributed by atoms with E-state index >= 15 is 0 Å². The summed E-state index contributed by atoms with van der Waals surface area (Å²) in [4.78, 5) is 9.21. The fraction of sp³-hybridized carbons (Fsp3) is 0.250. The van der Waals surface area contributed by atoms with Gasteiger partial charge >= 0.3 is 0 Å². The van der Waals surface area contributed by atoms with E-state index < -0.39 is 0 Å². The third-order valence-corrected chi connectivity index (χ3v) is 3.79. The van der Waals surface area contributed by atoms with Gasteiger partial charge in [0, 0.05) is 17.8 Å². The Balaban J connectivity index is 1.85. The lowest BCUT2D eigenvalue weighted by Gasteiger charge is -2.08. The maximum absolute atomic E-state index is 5.87. The van der Waals surface area contributed by atoms with Gasteiger partial charge in [-0.25, -0.2) is 4.98 Å². The Morgan fingerprint density at radius 2 is 2.10 bits per heavy atom. The molecule has 1 aliphatic carbocycles. The van der Waals surface area contributed by atoms with Crippen LogP contribution >= 0.6 is 0 Å². The van der Waals surface area contributed by atoms with Gasteiger partial charge in [-0.05, 0) is 43.2 Å². The van der Waals surface area contributed by atoms with Crippen LogP contribution in [-0.4, -0.2) is 14.5 Å². The fourth-order valence-corrected chi connectivity index (χ4v) is 2.64. The zero-order chi connectivity index (χ0) is 13.5. The molecule has 2 N–H and O–H groups in total. The number of pyridine rings is 1. The van der Waals surface area contributed by atoms with E-state index in [4.69, 9.17) is 10.7 Å². The Morgan fingerprint density at radius 3 is 2.85 bits per heavy atom. The zero-order valence-corrected chi connectivity index (χ0v) is 11.2. The van der Waals surface area contributed by atoms with E-state index in [1.807, 2.05) is 30.5 Å². The van der Waals surface area contributed by atoms with E-state index in [1.54, 1.807) is 0 Å². The van der Waals surface area contributed by atoms with Gasteiger partial charge in [0.25, 0.3) is 0 Å². The number of benzene rings is 1. The molecule has 20 heavy (non-hydrogen) atoms. The molecule has 2 heterocycles. The summed E-state index contributed by atoms with van der Waals surface area (Å²) in [6.45, 7) is 0.771. The van der Waals surface area contributed by atoms with Gasteiger partial charge in [0.05, 0.1) is 23.3 Å². The summed E-state index contributed by atoms with van der Waals surface area (Å²) in [6, 6.07) is 12.0. The van der Waals surface area contributed by atoms with Crippen molar-refractivity contribution in [2.45, 2.75) is 25.3 Å². The quantitative estimate of drug-likeness (QED) is 0.740. The largest absolute Gasteiger partial charge is 0.399 e. The Bertz CT molecular complexity index is 757. The van der Waals surface area contributed by atoms with Crippen molar-refractivity contribution in [2.75, 3.05) is 5.73 Å². The minimum atomic E-state index is 0.604. The van der Waals surface area contributed by atoms with Crippen molar-refractivity contribution in [2.24, 2.45) is 0 Å². The van der Waals surface area contributed by atoms with Crippen LogP contribution in [0.4, 0.5) is 5.69 Å². The van der Waals surface area contributed by atoms with Crippen molar-refractivity contribution in [3.8, 4) is 0 Å². The van der Waals surface area contributed by atoms with Crippen LogP contribution in [0.1, 0.15) is 30.3 Å². The number of nitrogen functional groups attached to an aromatic ring is 1. The van der Waals surface area contributed by atoms with Gasteiger partial charge in [0.1, 0.15) is 5.82 Å². The molecule has 0 amide bonds. The maximum Gasteiger partial charge on any atom is 0.113 e. The monoisotopic (exact) mass is 264 g/mol. The molecule has 0 saturated heterocycles. The molecule has 1 aromatic carbocycles. The van der Waals surface area contributed by atoms with Crippen molar-refractivity contribution in [3.63, 3.8) is 0 Å². The van der Waals surface area contributed by atoms with E-state index in [2.05, 4.69) is 21.7 Å². The number of rotatable bonds is 3. The standard InChI is InChI=1S/C16H16N4/c17-12-6-7-15-14(9-12)19-16(11-4-5-11)20(15)10-13-3-1-2-8-18-13/h1-3,6-9,11H,4-5,10,17H2. The number of hydrogen-bond donors (Lipinski definition) is 1. The lowest BCUT2D eigenvalue weighted by molar-refractivity contribution is 0.731. The fourth-order valence-electron chi connectivity index (χ4n) is 2.64. The average Bonchev–Trinajstić information content (AvgIpc) is 3.24. The number of imidazole rings is 1. The lowest BCUT2D eigenvalue weighted by atomic mass is 10.2. The first kappa shape index (κ1) is 11.5. The van der Waals surface area contributed by atoms with Crippen LogP contribution in [0.2, 0.25) is 0 Å². The molecule has 1 fully saturated rings. The maximum atomic E-state index is 5.87. The second kappa shape index (κ2) is 4.34. The molecule has 1 aliphatic rings. The summed E-state index contributed by atoms with van der Waals surface area (Å²) < 4.78 is 2.29. The van der Waals surface area contributed by atoms with Crippen LogP contribution in [0.5, 0.6) is 0 Å². The first-order chi connectivity index (χ1) is 9.81. The summed E-state index contributed by atoms with van der Waals surface area (Å²) >= 11 is 0. The number of hydrogen-bond acceptors (Lipinski definition) is 3. The molecule has 0 radical (unpaired) electrons. The van der Waals surface area contributed by atoms with Crippen molar-refractivity contribution in [3.05, 3.63) is 54.1 Å². The molecule has 0 aliphatic heterocycles. The van der Waals surface area contributed by atoms with Crippen molar-refractivity contribution < 1.29 is 0 Å². The molecule has 4 heteroatoms. The first-order valence-corrected chi connectivity index (χ1v) is 6.97. The van der Waals surface area contributed by atoms with Crippen molar-refractivity contribution in [1.29, 1.82) is 0 Å². The smallest absolute Gasteiger partial charge is 0.113 e. The molecule has 3 aromatic rings. The summed E-state index contributed by atoms with van der Waals surface area (Å²) in [5.41, 5.74) is 9.83. The minimum absolute atomic E-state index is 0.604. The first-order valence-electron chi connectivity index (χ1n) is 6.97. The molecule has 0 bridgehead atoms. The highest BCUT2D eigenvalue weighted by molar-refractivity contribution is 5.80. The lowest BCUT2D eigenvalue weighted by Crippen LogP contribution is -2.05. The van der Waals surface area contributed by atoms with Crippen LogP contribution < -0.4 is 5.73 Å². The number of fused-ring (bicyclic) bond motifs is 1. The zero-order valence-electron chi connectivity index (χ0n) is 11.2. The Kier molecular flexibility index (Phi) is 2.49. The highest BCUT2D eigenvalue weighted by Crippen LogP contribution is 2.41. The second-order valence-electron chi connectivity index (χ2n) is 5.40. The van der Waals surface area contributed by atoms with Gasteiger partial charge in [0.15, 0.2) is 0 Å². The van der Waals surface area contributed by atoms with Gasteiger partial charge in [0.2, 0.25) is 0 Å². The van der Waals surface area contributed by atoms with E-state index in [9.17, 15) is 0 Å². The molecule has 1 saturated carbocycles. The molecule has 0 unspecified atom stereocenters. The number of anilines is 1.